The Morgan fingerprint density at radius 3 is 2.52 bits per heavy atom. The molecule has 1 saturated heterocycles. The van der Waals surface area contributed by atoms with E-state index in [0.29, 0.717) is 0 Å². The maximum Gasteiger partial charge on any atom is 0.408 e. The molecule has 0 aromatic heterocycles. The third-order valence-electron chi connectivity index (χ3n) is 2.75. The lowest BCUT2D eigenvalue weighted by Crippen LogP contribution is -2.63. The number of ether oxygens (including phenoxy) is 2. The average molecular weight is 304 g/mol. The minimum absolute atomic E-state index is 0.575. The molecule has 1 rings (SSSR count). The Hall–Kier alpha value is -1.58. The number of azide groups is 1. The highest BCUT2D eigenvalue weighted by molar-refractivity contribution is 5.68. The van der Waals surface area contributed by atoms with Crippen molar-refractivity contribution in [3.63, 3.8) is 0 Å². The zero-order chi connectivity index (χ0) is 16.2. The third-order valence-corrected chi connectivity index (χ3v) is 2.75. The molecule has 10 heteroatoms. The number of carbonyl (C=O) groups excluding carboxylic acids is 1. The van der Waals surface area contributed by atoms with Crippen LogP contribution in [0, 0.1) is 0 Å². The van der Waals surface area contributed by atoms with Gasteiger partial charge in [-0.1, -0.05) is 5.11 Å². The summed E-state index contributed by atoms with van der Waals surface area (Å²) >= 11 is 0. The molecule has 1 amide bonds. The molecule has 0 aromatic carbocycles. The van der Waals surface area contributed by atoms with Crippen LogP contribution in [0.25, 0.3) is 10.4 Å². The number of hydrogen-bond acceptors (Lipinski definition) is 7. The number of alkyl carbamates (subject to hydrolysis) is 1. The van der Waals surface area contributed by atoms with Crippen LogP contribution in [-0.2, 0) is 9.47 Å². The SMILES string of the molecule is CC(C)(C)OC(=O)N[C@@H]1[C@@H](O)[C@@H](O)[C@@H](CO)O[C@H]1N=[N+]=[N-]. The first kappa shape index (κ1) is 17.5. The van der Waals surface area contributed by atoms with E-state index in [1.807, 2.05) is 0 Å². The third kappa shape index (κ3) is 4.73. The van der Waals surface area contributed by atoms with E-state index < -0.39 is 48.9 Å². The molecule has 1 aliphatic rings. The van der Waals surface area contributed by atoms with E-state index in [9.17, 15) is 15.0 Å². The summed E-state index contributed by atoms with van der Waals surface area (Å²) in [5.41, 5.74) is 7.74. The molecule has 0 aliphatic carbocycles. The molecule has 0 spiro atoms. The topological polar surface area (TPSA) is 157 Å². The lowest BCUT2D eigenvalue weighted by molar-refractivity contribution is -0.191. The zero-order valence-electron chi connectivity index (χ0n) is 12.0. The van der Waals surface area contributed by atoms with Crippen LogP contribution in [0.2, 0.25) is 0 Å². The van der Waals surface area contributed by atoms with Gasteiger partial charge in [0.05, 0.1) is 12.6 Å². The number of carbonyl (C=O) groups is 1. The van der Waals surface area contributed by atoms with Crippen LogP contribution in [-0.4, -0.2) is 64.2 Å². The van der Waals surface area contributed by atoms with Gasteiger partial charge in [0.25, 0.3) is 0 Å². The number of aliphatic hydroxyl groups excluding tert-OH is 3. The van der Waals surface area contributed by atoms with E-state index >= 15 is 0 Å². The van der Waals surface area contributed by atoms with E-state index in [2.05, 4.69) is 15.3 Å². The van der Waals surface area contributed by atoms with Crippen LogP contribution in [0.3, 0.4) is 0 Å². The van der Waals surface area contributed by atoms with Crippen LogP contribution >= 0.6 is 0 Å². The van der Waals surface area contributed by atoms with Gasteiger partial charge in [-0.3, -0.25) is 0 Å². The molecule has 4 N–H and O–H groups in total. The molecule has 0 unspecified atom stereocenters. The first-order valence-corrected chi connectivity index (χ1v) is 6.35. The highest BCUT2D eigenvalue weighted by Gasteiger charge is 2.45. The van der Waals surface area contributed by atoms with Crippen molar-refractivity contribution >= 4 is 6.09 Å². The first-order chi connectivity index (χ1) is 9.69. The molecule has 0 bridgehead atoms. The predicted octanol–water partition coefficient (Wildman–Crippen LogP) is -0.371. The number of amides is 1. The summed E-state index contributed by atoms with van der Waals surface area (Å²) in [5.74, 6) is 0. The Balaban J connectivity index is 2.85. The van der Waals surface area contributed by atoms with Crippen LogP contribution in [0.5, 0.6) is 0 Å². The summed E-state index contributed by atoms with van der Waals surface area (Å²) in [6.07, 6.45) is -6.19. The molecule has 120 valence electrons. The second-order valence-electron chi connectivity index (χ2n) is 5.61. The Labute approximate surface area is 121 Å². The normalized spacial score (nSPS) is 33.0. The Kier molecular flexibility index (Phi) is 5.76. The van der Waals surface area contributed by atoms with Gasteiger partial charge in [-0.2, -0.15) is 0 Å². The van der Waals surface area contributed by atoms with Gasteiger partial charge < -0.3 is 30.1 Å². The summed E-state index contributed by atoms with van der Waals surface area (Å²) in [5, 5.41) is 34.4. The molecular formula is C11H20N4O6. The first-order valence-electron chi connectivity index (χ1n) is 6.35. The maximum atomic E-state index is 11.7. The molecule has 0 radical (unpaired) electrons. The predicted molar refractivity (Wildman–Crippen MR) is 70.1 cm³/mol. The average Bonchev–Trinajstić information content (AvgIpc) is 2.36. The Morgan fingerprint density at radius 1 is 1.43 bits per heavy atom. The highest BCUT2D eigenvalue weighted by atomic mass is 16.6. The van der Waals surface area contributed by atoms with Crippen LogP contribution < -0.4 is 5.32 Å². The molecule has 5 atom stereocenters. The van der Waals surface area contributed by atoms with Gasteiger partial charge in [-0.25, -0.2) is 4.79 Å². The monoisotopic (exact) mass is 304 g/mol. The van der Waals surface area contributed by atoms with Crippen molar-refractivity contribution in [2.75, 3.05) is 6.61 Å². The molecule has 10 nitrogen and oxygen atoms in total. The van der Waals surface area contributed by atoms with Gasteiger partial charge in [0.2, 0.25) is 0 Å². The number of nitrogens with zero attached hydrogens (tertiary/aromatic N) is 3. The van der Waals surface area contributed by atoms with Crippen molar-refractivity contribution in [1.29, 1.82) is 0 Å². The van der Waals surface area contributed by atoms with Crippen LogP contribution in [0.4, 0.5) is 4.79 Å². The van der Waals surface area contributed by atoms with Crippen molar-refractivity contribution in [3.8, 4) is 0 Å². The molecule has 1 aliphatic heterocycles. The zero-order valence-corrected chi connectivity index (χ0v) is 12.0. The van der Waals surface area contributed by atoms with Gasteiger partial charge in [0.15, 0.2) is 6.23 Å². The van der Waals surface area contributed by atoms with Gasteiger partial charge >= 0.3 is 6.09 Å². The Morgan fingerprint density at radius 2 is 2.05 bits per heavy atom. The van der Waals surface area contributed by atoms with E-state index in [-0.39, 0.29) is 0 Å². The van der Waals surface area contributed by atoms with Crippen molar-refractivity contribution in [2.45, 2.75) is 57.0 Å². The number of aliphatic hydroxyl groups is 3. The molecule has 1 heterocycles. The van der Waals surface area contributed by atoms with Crippen molar-refractivity contribution in [3.05, 3.63) is 10.4 Å². The molecule has 1 fully saturated rings. The van der Waals surface area contributed by atoms with Gasteiger partial charge in [0.1, 0.15) is 23.9 Å². The van der Waals surface area contributed by atoms with E-state index in [1.165, 1.54) is 0 Å². The molecular weight excluding hydrogens is 284 g/mol. The summed E-state index contributed by atoms with van der Waals surface area (Å²) in [7, 11) is 0. The van der Waals surface area contributed by atoms with Crippen molar-refractivity contribution < 1.29 is 29.6 Å². The number of nitrogens with one attached hydrogen (secondary N) is 1. The Bertz CT molecular complexity index is 419. The second kappa shape index (κ2) is 6.92. The van der Waals surface area contributed by atoms with Gasteiger partial charge in [0, 0.05) is 4.91 Å². The van der Waals surface area contributed by atoms with Crippen molar-refractivity contribution in [1.82, 2.24) is 5.32 Å². The number of rotatable bonds is 3. The van der Waals surface area contributed by atoms with Crippen LogP contribution in [0.15, 0.2) is 5.11 Å². The lowest BCUT2D eigenvalue weighted by Gasteiger charge is -2.40. The summed E-state index contributed by atoms with van der Waals surface area (Å²) < 4.78 is 10.2. The standard InChI is InChI=1S/C11H20N4O6/c1-11(2,3)21-10(19)13-6-8(18)7(17)5(4-16)20-9(6)14-15-12/h5-9,16-18H,4H2,1-3H3,(H,13,19)/t5-,6-,7+,8-,9-/m1/s1. The molecule has 21 heavy (non-hydrogen) atoms. The minimum Gasteiger partial charge on any atom is -0.444 e. The molecule has 0 saturated carbocycles. The van der Waals surface area contributed by atoms with E-state index in [1.54, 1.807) is 20.8 Å². The lowest BCUT2D eigenvalue weighted by atomic mass is 9.96. The van der Waals surface area contributed by atoms with E-state index in [0.717, 1.165) is 0 Å². The minimum atomic E-state index is -1.49. The largest absolute Gasteiger partial charge is 0.444 e. The second-order valence-corrected chi connectivity index (χ2v) is 5.61. The van der Waals surface area contributed by atoms with Gasteiger partial charge in [-0.15, -0.1) is 0 Å². The quantitative estimate of drug-likeness (QED) is 0.316. The fraction of sp³-hybridized carbons (Fsp3) is 0.909. The van der Waals surface area contributed by atoms with Gasteiger partial charge in [-0.05, 0) is 26.3 Å². The summed E-state index contributed by atoms with van der Waals surface area (Å²) in [6.45, 7) is 4.39. The molecule has 0 aromatic rings. The maximum absolute atomic E-state index is 11.7. The van der Waals surface area contributed by atoms with Crippen molar-refractivity contribution in [2.24, 2.45) is 5.11 Å². The smallest absolute Gasteiger partial charge is 0.408 e. The van der Waals surface area contributed by atoms with E-state index in [4.69, 9.17) is 20.1 Å². The summed E-state index contributed by atoms with van der Waals surface area (Å²) in [6, 6.07) is -1.20. The van der Waals surface area contributed by atoms with Crippen LogP contribution in [0.1, 0.15) is 20.8 Å². The fourth-order valence-corrected chi connectivity index (χ4v) is 1.85. The highest BCUT2D eigenvalue weighted by Crippen LogP contribution is 2.22. The number of hydrogen-bond donors (Lipinski definition) is 4. The summed E-state index contributed by atoms with van der Waals surface area (Å²) in [4.78, 5) is 14.3. The fourth-order valence-electron chi connectivity index (χ4n) is 1.85.